The molecule has 28 heavy (non-hydrogen) atoms. The summed E-state index contributed by atoms with van der Waals surface area (Å²) >= 11 is 1.23. The first-order valence-corrected chi connectivity index (χ1v) is 9.15. The maximum absolute atomic E-state index is 12.7. The van der Waals surface area contributed by atoms with Crippen molar-refractivity contribution in [3.63, 3.8) is 0 Å². The predicted octanol–water partition coefficient (Wildman–Crippen LogP) is 3.23. The van der Waals surface area contributed by atoms with E-state index >= 15 is 0 Å². The van der Waals surface area contributed by atoms with Crippen LogP contribution in [0.15, 0.2) is 35.5 Å². The lowest BCUT2D eigenvalue weighted by molar-refractivity contribution is -0.137. The molecule has 0 unspecified atom stereocenters. The molecule has 0 bridgehead atoms. The number of aromatic nitrogens is 1. The second-order valence-electron chi connectivity index (χ2n) is 6.31. The molecular formula is C17H17F3N4O3S. The third-order valence-corrected chi connectivity index (χ3v) is 5.12. The number of nitrogens with one attached hydrogen (secondary N) is 1. The highest BCUT2D eigenvalue weighted by Gasteiger charge is 2.30. The molecule has 1 aromatic heterocycles. The number of likely N-dealkylation sites (tertiary alicyclic amines) is 1. The largest absolute Gasteiger partial charge is 0.465 e. The summed E-state index contributed by atoms with van der Waals surface area (Å²) in [6.45, 7) is 2.40. The number of carboxylic acid groups (broad SMARTS) is 1. The fraction of sp³-hybridized carbons (Fsp3) is 0.353. The van der Waals surface area contributed by atoms with Crippen LogP contribution in [0.25, 0.3) is 5.69 Å². The molecule has 1 aliphatic rings. The molecule has 0 aliphatic carbocycles. The summed E-state index contributed by atoms with van der Waals surface area (Å²) in [5.74, 6) is 0. The lowest BCUT2D eigenvalue weighted by Gasteiger charge is -2.13. The Kier molecular flexibility index (Phi) is 5.45. The molecule has 1 atom stereocenters. The number of rotatable bonds is 2. The number of carbonyl (C=O) groups is 2. The lowest BCUT2D eigenvalue weighted by atomic mass is 10.2. The lowest BCUT2D eigenvalue weighted by Crippen LogP contribution is -2.37. The van der Waals surface area contributed by atoms with E-state index in [1.54, 1.807) is 17.7 Å². The van der Waals surface area contributed by atoms with Crippen molar-refractivity contribution in [2.45, 2.75) is 25.6 Å². The van der Waals surface area contributed by atoms with Gasteiger partial charge in [0.2, 0.25) is 0 Å². The summed E-state index contributed by atoms with van der Waals surface area (Å²) < 4.78 is 39.8. The van der Waals surface area contributed by atoms with Crippen LogP contribution < -0.4 is 10.1 Å². The topological polar surface area (TPSA) is 86.9 Å². The van der Waals surface area contributed by atoms with Gasteiger partial charge in [-0.3, -0.25) is 4.57 Å². The first kappa shape index (κ1) is 19.9. The van der Waals surface area contributed by atoms with Gasteiger partial charge in [0.05, 0.1) is 11.6 Å². The molecular weight excluding hydrogens is 397 g/mol. The van der Waals surface area contributed by atoms with Gasteiger partial charge in [-0.15, -0.1) is 11.3 Å². The van der Waals surface area contributed by atoms with Crippen molar-refractivity contribution in [1.29, 1.82) is 0 Å². The number of benzene rings is 1. The number of hydrogen-bond donors (Lipinski definition) is 2. The number of nitrogens with zero attached hydrogens (tertiary/aromatic N) is 3. The third-order valence-electron chi connectivity index (χ3n) is 4.22. The van der Waals surface area contributed by atoms with Crippen LogP contribution in [0.2, 0.25) is 0 Å². The quantitative estimate of drug-likeness (QED) is 0.791. The molecule has 0 radical (unpaired) electrons. The van der Waals surface area contributed by atoms with Gasteiger partial charge in [0.25, 0.3) is 0 Å². The van der Waals surface area contributed by atoms with Crippen molar-refractivity contribution in [1.82, 2.24) is 14.8 Å². The number of thiazole rings is 1. The molecule has 3 amide bonds. The summed E-state index contributed by atoms with van der Waals surface area (Å²) in [5, 5.41) is 11.1. The highest BCUT2D eigenvalue weighted by molar-refractivity contribution is 7.09. The Balaban J connectivity index is 1.84. The zero-order valence-electron chi connectivity index (χ0n) is 14.7. The van der Waals surface area contributed by atoms with Gasteiger partial charge in [0, 0.05) is 29.9 Å². The van der Waals surface area contributed by atoms with Gasteiger partial charge in [0.15, 0.2) is 4.80 Å². The van der Waals surface area contributed by atoms with Gasteiger partial charge in [-0.2, -0.15) is 18.2 Å². The van der Waals surface area contributed by atoms with Crippen LogP contribution in [0.1, 0.15) is 16.9 Å². The van der Waals surface area contributed by atoms with Gasteiger partial charge < -0.3 is 15.3 Å². The molecule has 0 spiro atoms. The minimum Gasteiger partial charge on any atom is -0.465 e. The predicted molar refractivity (Wildman–Crippen MR) is 95.5 cm³/mol. The number of aryl methyl sites for hydroxylation is 1. The second kappa shape index (κ2) is 7.66. The number of amides is 3. The van der Waals surface area contributed by atoms with Gasteiger partial charge in [0.1, 0.15) is 0 Å². The minimum absolute atomic E-state index is 0.221. The van der Waals surface area contributed by atoms with E-state index in [1.165, 1.54) is 28.4 Å². The summed E-state index contributed by atoms with van der Waals surface area (Å²) in [7, 11) is 0. The van der Waals surface area contributed by atoms with Crippen LogP contribution in [0.5, 0.6) is 0 Å². The SMILES string of the molecule is Cc1cn(-c2ccc(C(F)(F)F)cc2)c(=NC(=O)N2CC[C@H](NC(=O)O)C2)s1. The normalized spacial score (nSPS) is 17.8. The van der Waals surface area contributed by atoms with E-state index in [2.05, 4.69) is 10.3 Å². The Labute approximate surface area is 161 Å². The molecule has 0 saturated carbocycles. The number of alkyl halides is 3. The van der Waals surface area contributed by atoms with E-state index in [0.29, 0.717) is 23.5 Å². The standard InChI is InChI=1S/C17H17F3N4O3S/c1-10-8-24(13-4-2-11(3-5-13)17(18,19)20)15(28-10)22-14(25)23-7-6-12(9-23)21-16(26)27/h2-5,8,12,21H,6-7,9H2,1H3,(H,26,27)/t12-/m0/s1. The highest BCUT2D eigenvalue weighted by Crippen LogP contribution is 2.29. The van der Waals surface area contributed by atoms with E-state index < -0.39 is 23.9 Å². The summed E-state index contributed by atoms with van der Waals surface area (Å²) in [5.41, 5.74) is -0.303. The Morgan fingerprint density at radius 3 is 2.57 bits per heavy atom. The van der Waals surface area contributed by atoms with Crippen LogP contribution in [-0.2, 0) is 6.18 Å². The Morgan fingerprint density at radius 2 is 1.96 bits per heavy atom. The van der Waals surface area contributed by atoms with E-state index in [-0.39, 0.29) is 12.6 Å². The van der Waals surface area contributed by atoms with Gasteiger partial charge in [-0.25, -0.2) is 9.59 Å². The highest BCUT2D eigenvalue weighted by atomic mass is 32.1. The minimum atomic E-state index is -4.42. The first-order valence-electron chi connectivity index (χ1n) is 8.33. The molecule has 7 nitrogen and oxygen atoms in total. The van der Waals surface area contributed by atoms with Crippen LogP contribution in [0.4, 0.5) is 22.8 Å². The number of urea groups is 1. The van der Waals surface area contributed by atoms with Gasteiger partial charge >= 0.3 is 18.3 Å². The van der Waals surface area contributed by atoms with Crippen molar-refractivity contribution in [3.05, 3.63) is 45.7 Å². The van der Waals surface area contributed by atoms with Crippen molar-refractivity contribution < 1.29 is 27.9 Å². The molecule has 1 aliphatic heterocycles. The van der Waals surface area contributed by atoms with Crippen molar-refractivity contribution in [2.75, 3.05) is 13.1 Å². The molecule has 2 heterocycles. The third kappa shape index (κ3) is 4.53. The maximum atomic E-state index is 12.7. The number of hydrogen-bond acceptors (Lipinski definition) is 3. The zero-order valence-corrected chi connectivity index (χ0v) is 15.5. The van der Waals surface area contributed by atoms with Crippen LogP contribution in [0.3, 0.4) is 0 Å². The van der Waals surface area contributed by atoms with Gasteiger partial charge in [-0.05, 0) is 37.6 Å². The van der Waals surface area contributed by atoms with E-state index in [9.17, 15) is 22.8 Å². The zero-order chi connectivity index (χ0) is 20.5. The molecule has 11 heteroatoms. The van der Waals surface area contributed by atoms with Crippen molar-refractivity contribution >= 4 is 23.5 Å². The average Bonchev–Trinajstić information content (AvgIpc) is 3.20. The average molecular weight is 414 g/mol. The molecule has 2 N–H and O–H groups in total. The fourth-order valence-corrected chi connectivity index (χ4v) is 3.73. The molecule has 150 valence electrons. The Bertz CT molecular complexity index is 950. The van der Waals surface area contributed by atoms with Crippen molar-refractivity contribution in [3.8, 4) is 5.69 Å². The van der Waals surface area contributed by atoms with Crippen LogP contribution in [0, 0.1) is 6.92 Å². The van der Waals surface area contributed by atoms with E-state index in [1.807, 2.05) is 0 Å². The van der Waals surface area contributed by atoms with Gasteiger partial charge in [-0.1, -0.05) is 0 Å². The molecule has 1 aromatic carbocycles. The number of halogens is 3. The molecule has 2 aromatic rings. The first-order chi connectivity index (χ1) is 13.1. The van der Waals surface area contributed by atoms with E-state index in [4.69, 9.17) is 5.11 Å². The molecule has 3 rings (SSSR count). The maximum Gasteiger partial charge on any atom is 0.416 e. The fourth-order valence-electron chi connectivity index (χ4n) is 2.91. The summed E-state index contributed by atoms with van der Waals surface area (Å²) in [6.07, 6.45) is -3.38. The Morgan fingerprint density at radius 1 is 1.29 bits per heavy atom. The van der Waals surface area contributed by atoms with Crippen LogP contribution >= 0.6 is 11.3 Å². The monoisotopic (exact) mass is 414 g/mol. The van der Waals surface area contributed by atoms with Crippen molar-refractivity contribution in [2.24, 2.45) is 4.99 Å². The summed E-state index contributed by atoms with van der Waals surface area (Å²) in [6, 6.07) is 3.73. The second-order valence-corrected chi connectivity index (χ2v) is 7.53. The number of carbonyl (C=O) groups excluding carboxylic acids is 1. The smallest absolute Gasteiger partial charge is 0.416 e. The summed E-state index contributed by atoms with van der Waals surface area (Å²) in [4.78, 5) is 29.8. The Hall–Kier alpha value is -2.82. The molecule has 1 fully saturated rings. The van der Waals surface area contributed by atoms with E-state index in [0.717, 1.165) is 17.0 Å². The van der Waals surface area contributed by atoms with Crippen LogP contribution in [-0.4, -0.2) is 45.8 Å². The molecule has 1 saturated heterocycles.